The fourth-order valence-corrected chi connectivity index (χ4v) is 3.27. The minimum Gasteiger partial charge on any atom is -0.484 e. The molecule has 138 valence electrons. The Morgan fingerprint density at radius 3 is 2.59 bits per heavy atom. The first-order chi connectivity index (χ1) is 13.0. The van der Waals surface area contributed by atoms with Gasteiger partial charge >= 0.3 is 0 Å². The van der Waals surface area contributed by atoms with Gasteiger partial charge in [0.05, 0.1) is 30.1 Å². The van der Waals surface area contributed by atoms with Gasteiger partial charge in [0.15, 0.2) is 11.6 Å². The number of aromatic nitrogens is 2. The maximum Gasteiger partial charge on any atom is 0.272 e. The quantitative estimate of drug-likeness (QED) is 0.769. The highest BCUT2D eigenvalue weighted by Crippen LogP contribution is 2.26. The lowest BCUT2D eigenvalue weighted by molar-refractivity contribution is -0.141. The number of rotatable bonds is 4. The van der Waals surface area contributed by atoms with Crippen molar-refractivity contribution in [1.29, 1.82) is 0 Å². The molecule has 0 unspecified atom stereocenters. The molecule has 27 heavy (non-hydrogen) atoms. The van der Waals surface area contributed by atoms with E-state index >= 15 is 0 Å². The number of aromatic amines is 1. The highest BCUT2D eigenvalue weighted by molar-refractivity contribution is 5.91. The molecule has 0 radical (unpaired) electrons. The van der Waals surface area contributed by atoms with Crippen LogP contribution in [0.3, 0.4) is 0 Å². The van der Waals surface area contributed by atoms with Gasteiger partial charge < -0.3 is 9.64 Å². The van der Waals surface area contributed by atoms with Crippen LogP contribution >= 0.6 is 0 Å². The van der Waals surface area contributed by atoms with Crippen molar-refractivity contribution in [3.8, 4) is 5.75 Å². The number of amides is 1. The molecule has 4 rings (SSSR count). The van der Waals surface area contributed by atoms with E-state index in [0.29, 0.717) is 29.6 Å². The van der Waals surface area contributed by atoms with Crippen LogP contribution in [0.1, 0.15) is 18.5 Å². The number of fused-ring (bicyclic) bond motifs is 1. The van der Waals surface area contributed by atoms with E-state index in [9.17, 15) is 14.0 Å². The van der Waals surface area contributed by atoms with Gasteiger partial charge in [-0.15, -0.1) is 0 Å². The second kappa shape index (κ2) is 6.83. The summed E-state index contributed by atoms with van der Waals surface area (Å²) < 4.78 is 19.3. The number of nitrogens with zero attached hydrogens (tertiary/aromatic N) is 2. The third-order valence-electron chi connectivity index (χ3n) is 4.80. The van der Waals surface area contributed by atoms with Crippen LogP contribution in [0.4, 0.5) is 4.39 Å². The third kappa shape index (κ3) is 3.16. The van der Waals surface area contributed by atoms with E-state index < -0.39 is 11.7 Å². The number of hydrogen-bond donors (Lipinski definition) is 1. The molecule has 1 saturated heterocycles. The molecule has 3 aromatic rings. The summed E-state index contributed by atoms with van der Waals surface area (Å²) in [5, 5.41) is 7.73. The first kappa shape index (κ1) is 17.2. The van der Waals surface area contributed by atoms with Crippen molar-refractivity contribution < 1.29 is 13.9 Å². The van der Waals surface area contributed by atoms with Crippen LogP contribution in [0.2, 0.25) is 0 Å². The van der Waals surface area contributed by atoms with Gasteiger partial charge in [-0.1, -0.05) is 30.3 Å². The van der Waals surface area contributed by atoms with Crippen molar-refractivity contribution in [3.05, 3.63) is 70.4 Å². The van der Waals surface area contributed by atoms with Gasteiger partial charge in [-0.3, -0.25) is 9.59 Å². The zero-order valence-electron chi connectivity index (χ0n) is 14.7. The van der Waals surface area contributed by atoms with Gasteiger partial charge in [-0.2, -0.15) is 5.10 Å². The highest BCUT2D eigenvalue weighted by Gasteiger charge is 2.36. The zero-order valence-corrected chi connectivity index (χ0v) is 14.7. The van der Waals surface area contributed by atoms with Crippen LogP contribution in [-0.2, 0) is 4.79 Å². The standard InChI is InChI=1S/C20H18FN3O3/c1-12(18-14-6-2-3-7-15(14)19(25)23-22-18)20(26)24-10-13(11-24)27-17-9-5-4-8-16(17)21/h2-9,12-13H,10-11H2,1H3,(H,23,25)/t12-/m1/s1. The molecule has 1 N–H and O–H groups in total. The summed E-state index contributed by atoms with van der Waals surface area (Å²) in [5.74, 6) is -0.843. The summed E-state index contributed by atoms with van der Waals surface area (Å²) in [6.45, 7) is 2.54. The summed E-state index contributed by atoms with van der Waals surface area (Å²) in [5.41, 5.74) is 0.255. The Kier molecular flexibility index (Phi) is 4.35. The second-order valence-corrected chi connectivity index (χ2v) is 6.62. The number of benzene rings is 2. The van der Waals surface area contributed by atoms with Gasteiger partial charge in [0.25, 0.3) is 5.56 Å². The number of likely N-dealkylation sites (tertiary alicyclic amines) is 1. The molecule has 0 spiro atoms. The van der Waals surface area contributed by atoms with E-state index in [4.69, 9.17) is 4.74 Å². The highest BCUT2D eigenvalue weighted by atomic mass is 19.1. The van der Waals surface area contributed by atoms with Crippen LogP contribution in [-0.4, -0.2) is 40.2 Å². The number of hydrogen-bond acceptors (Lipinski definition) is 4. The number of halogens is 1. The topological polar surface area (TPSA) is 75.3 Å². The molecule has 1 amide bonds. The number of carbonyl (C=O) groups is 1. The van der Waals surface area contributed by atoms with Crippen molar-refractivity contribution in [2.24, 2.45) is 0 Å². The van der Waals surface area contributed by atoms with Gasteiger partial charge in [0.1, 0.15) is 6.10 Å². The molecule has 1 aliphatic heterocycles. The Labute approximate surface area is 154 Å². The summed E-state index contributed by atoms with van der Waals surface area (Å²) in [6.07, 6.45) is -0.238. The first-order valence-corrected chi connectivity index (χ1v) is 8.72. The largest absolute Gasteiger partial charge is 0.484 e. The maximum atomic E-state index is 13.7. The lowest BCUT2D eigenvalue weighted by Crippen LogP contribution is -2.57. The molecule has 1 atom stereocenters. The number of para-hydroxylation sites is 1. The van der Waals surface area contributed by atoms with Gasteiger partial charge in [-0.25, -0.2) is 9.49 Å². The zero-order chi connectivity index (χ0) is 19.0. The van der Waals surface area contributed by atoms with Crippen LogP contribution in [0, 0.1) is 5.82 Å². The third-order valence-corrected chi connectivity index (χ3v) is 4.80. The predicted octanol–water partition coefficient (Wildman–Crippen LogP) is 2.46. The molecule has 0 aliphatic carbocycles. The van der Waals surface area contributed by atoms with Crippen LogP contribution in [0.25, 0.3) is 10.8 Å². The van der Waals surface area contributed by atoms with E-state index in [2.05, 4.69) is 10.2 Å². The van der Waals surface area contributed by atoms with Crippen molar-refractivity contribution in [2.45, 2.75) is 18.9 Å². The van der Waals surface area contributed by atoms with Crippen LogP contribution in [0.15, 0.2) is 53.3 Å². The predicted molar refractivity (Wildman–Crippen MR) is 98.2 cm³/mol. The normalized spacial score (nSPS) is 15.4. The molecule has 1 aliphatic rings. The van der Waals surface area contributed by atoms with Crippen molar-refractivity contribution in [3.63, 3.8) is 0 Å². The van der Waals surface area contributed by atoms with Gasteiger partial charge in [0, 0.05) is 5.39 Å². The summed E-state index contributed by atoms with van der Waals surface area (Å²) in [7, 11) is 0. The average molecular weight is 367 g/mol. The number of ether oxygens (including phenoxy) is 1. The molecule has 0 bridgehead atoms. The fourth-order valence-electron chi connectivity index (χ4n) is 3.27. The number of H-pyrrole nitrogens is 1. The summed E-state index contributed by atoms with van der Waals surface area (Å²) in [6, 6.07) is 13.3. The maximum absolute atomic E-state index is 13.7. The lowest BCUT2D eigenvalue weighted by atomic mass is 9.98. The van der Waals surface area contributed by atoms with E-state index in [-0.39, 0.29) is 23.3 Å². The van der Waals surface area contributed by atoms with Crippen molar-refractivity contribution in [1.82, 2.24) is 15.1 Å². The molecule has 7 heteroatoms. The minimum absolute atomic E-state index is 0.104. The average Bonchev–Trinajstić information content (AvgIpc) is 2.65. The molecule has 2 heterocycles. The van der Waals surface area contributed by atoms with E-state index in [0.717, 1.165) is 0 Å². The number of carbonyl (C=O) groups excluding carboxylic acids is 1. The number of nitrogens with one attached hydrogen (secondary N) is 1. The van der Waals surface area contributed by atoms with E-state index in [1.165, 1.54) is 6.07 Å². The molecule has 1 aromatic heterocycles. The van der Waals surface area contributed by atoms with E-state index in [1.807, 2.05) is 6.07 Å². The Morgan fingerprint density at radius 2 is 1.85 bits per heavy atom. The molecular weight excluding hydrogens is 349 g/mol. The fraction of sp³-hybridized carbons (Fsp3) is 0.250. The second-order valence-electron chi connectivity index (χ2n) is 6.62. The molecule has 1 fully saturated rings. The smallest absolute Gasteiger partial charge is 0.272 e. The Morgan fingerprint density at radius 1 is 1.19 bits per heavy atom. The van der Waals surface area contributed by atoms with Gasteiger partial charge in [0.2, 0.25) is 5.91 Å². The SMILES string of the molecule is C[C@@H](C(=O)N1CC(Oc2ccccc2F)C1)c1n[nH]c(=O)c2ccccc12. The van der Waals surface area contributed by atoms with Crippen molar-refractivity contribution >= 4 is 16.7 Å². The first-order valence-electron chi connectivity index (χ1n) is 8.72. The summed E-state index contributed by atoms with van der Waals surface area (Å²) >= 11 is 0. The summed E-state index contributed by atoms with van der Waals surface area (Å²) in [4.78, 5) is 26.3. The molecular formula is C20H18FN3O3. The van der Waals surface area contributed by atoms with E-state index in [1.54, 1.807) is 48.2 Å². The lowest BCUT2D eigenvalue weighted by Gasteiger charge is -2.40. The van der Waals surface area contributed by atoms with Gasteiger partial charge in [-0.05, 0) is 25.1 Å². The Balaban J connectivity index is 1.46. The molecule has 2 aromatic carbocycles. The molecule has 6 nitrogen and oxygen atoms in total. The Hall–Kier alpha value is -3.22. The van der Waals surface area contributed by atoms with Crippen molar-refractivity contribution in [2.75, 3.05) is 13.1 Å². The Bertz CT molecular complexity index is 1060. The monoisotopic (exact) mass is 367 g/mol. The van der Waals surface area contributed by atoms with Crippen LogP contribution in [0.5, 0.6) is 5.75 Å². The van der Waals surface area contributed by atoms with Crippen LogP contribution < -0.4 is 10.3 Å². The molecule has 0 saturated carbocycles. The minimum atomic E-state index is -0.513.